The van der Waals surface area contributed by atoms with Gasteiger partial charge in [0, 0.05) is 6.04 Å². The molecule has 0 radical (unpaired) electrons. The molecule has 4 rings (SSSR count). The van der Waals surface area contributed by atoms with Crippen LogP contribution in [0.3, 0.4) is 0 Å². The van der Waals surface area contributed by atoms with Crippen LogP contribution in [0.1, 0.15) is 32.1 Å². The standard InChI is InChI=1S/C16H25N/c1-4-10(2)16(17-3)15-13-6-11-5-12(8-13)9-14(15)7-11/h4,11-17H,1-2,5-9H2,3H3. The Morgan fingerprint density at radius 3 is 2.06 bits per heavy atom. The second kappa shape index (κ2) is 4.28. The molecule has 17 heavy (non-hydrogen) atoms. The van der Waals surface area contributed by atoms with Gasteiger partial charge in [0.05, 0.1) is 0 Å². The van der Waals surface area contributed by atoms with E-state index in [1.54, 1.807) is 0 Å². The van der Waals surface area contributed by atoms with E-state index in [1.165, 1.54) is 37.7 Å². The summed E-state index contributed by atoms with van der Waals surface area (Å²) < 4.78 is 0. The van der Waals surface area contributed by atoms with Gasteiger partial charge in [0.15, 0.2) is 0 Å². The van der Waals surface area contributed by atoms with E-state index in [0.29, 0.717) is 6.04 Å². The molecule has 0 aliphatic heterocycles. The van der Waals surface area contributed by atoms with E-state index in [1.807, 2.05) is 6.08 Å². The van der Waals surface area contributed by atoms with Crippen LogP contribution in [-0.2, 0) is 0 Å². The molecule has 0 saturated heterocycles. The van der Waals surface area contributed by atoms with Crippen LogP contribution in [-0.4, -0.2) is 13.1 Å². The van der Waals surface area contributed by atoms with Gasteiger partial charge in [-0.2, -0.15) is 0 Å². The van der Waals surface area contributed by atoms with Gasteiger partial charge in [0.25, 0.3) is 0 Å². The monoisotopic (exact) mass is 231 g/mol. The summed E-state index contributed by atoms with van der Waals surface area (Å²) in [5.74, 6) is 4.87. The van der Waals surface area contributed by atoms with Gasteiger partial charge >= 0.3 is 0 Å². The zero-order chi connectivity index (χ0) is 12.0. The van der Waals surface area contributed by atoms with E-state index in [0.717, 1.165) is 29.6 Å². The van der Waals surface area contributed by atoms with E-state index in [9.17, 15) is 0 Å². The SMILES string of the molecule is C=CC(=C)C(NC)C1C2CC3CC(C2)CC1C3. The molecule has 0 amide bonds. The predicted molar refractivity (Wildman–Crippen MR) is 72.7 cm³/mol. The van der Waals surface area contributed by atoms with Crippen molar-refractivity contribution in [2.75, 3.05) is 7.05 Å². The Morgan fingerprint density at radius 1 is 1.12 bits per heavy atom. The Morgan fingerprint density at radius 2 is 1.65 bits per heavy atom. The highest BCUT2D eigenvalue weighted by Gasteiger charge is 2.50. The van der Waals surface area contributed by atoms with Crippen molar-refractivity contribution in [1.29, 1.82) is 0 Å². The number of rotatable bonds is 4. The number of hydrogen-bond acceptors (Lipinski definition) is 1. The Labute approximate surface area is 105 Å². The molecule has 4 fully saturated rings. The molecule has 4 saturated carbocycles. The lowest BCUT2D eigenvalue weighted by molar-refractivity contribution is -0.0454. The zero-order valence-electron chi connectivity index (χ0n) is 11.0. The lowest BCUT2D eigenvalue weighted by Gasteiger charge is -2.56. The van der Waals surface area contributed by atoms with Crippen LogP contribution < -0.4 is 5.32 Å². The zero-order valence-corrected chi connectivity index (χ0v) is 11.0. The molecule has 1 nitrogen and oxygen atoms in total. The fourth-order valence-electron chi connectivity index (χ4n) is 5.26. The van der Waals surface area contributed by atoms with Gasteiger partial charge in [-0.25, -0.2) is 0 Å². The summed E-state index contributed by atoms with van der Waals surface area (Å²) in [5.41, 5.74) is 1.20. The van der Waals surface area contributed by atoms with Crippen molar-refractivity contribution in [2.24, 2.45) is 29.6 Å². The molecule has 0 heterocycles. The highest BCUT2D eigenvalue weighted by atomic mass is 14.9. The minimum atomic E-state index is 0.475. The molecular formula is C16H25N. The van der Waals surface area contributed by atoms with Crippen LogP contribution in [0.5, 0.6) is 0 Å². The maximum Gasteiger partial charge on any atom is 0.0345 e. The minimum absolute atomic E-state index is 0.475. The van der Waals surface area contributed by atoms with Crippen molar-refractivity contribution in [3.05, 3.63) is 24.8 Å². The van der Waals surface area contributed by atoms with Crippen molar-refractivity contribution >= 4 is 0 Å². The Balaban J connectivity index is 1.83. The third-order valence-corrected chi connectivity index (χ3v) is 5.66. The van der Waals surface area contributed by atoms with E-state index in [4.69, 9.17) is 0 Å². The largest absolute Gasteiger partial charge is 0.313 e. The summed E-state index contributed by atoms with van der Waals surface area (Å²) in [6.07, 6.45) is 9.43. The fraction of sp³-hybridized carbons (Fsp3) is 0.750. The molecule has 4 aliphatic rings. The first-order chi connectivity index (χ1) is 8.22. The normalized spacial score (nSPS) is 44.6. The molecular weight excluding hydrogens is 206 g/mol. The molecule has 4 bridgehead atoms. The molecule has 0 aromatic rings. The maximum atomic E-state index is 4.20. The second-order valence-electron chi connectivity index (χ2n) is 6.55. The van der Waals surface area contributed by atoms with Crippen molar-refractivity contribution < 1.29 is 0 Å². The first-order valence-electron chi connectivity index (χ1n) is 7.21. The van der Waals surface area contributed by atoms with Crippen LogP contribution in [0.4, 0.5) is 0 Å². The number of hydrogen-bond donors (Lipinski definition) is 1. The Kier molecular flexibility index (Phi) is 2.90. The summed E-state index contributed by atoms with van der Waals surface area (Å²) >= 11 is 0. The summed E-state index contributed by atoms with van der Waals surface area (Å²) in [5, 5.41) is 3.51. The molecule has 0 spiro atoms. The van der Waals surface area contributed by atoms with Crippen molar-refractivity contribution in [1.82, 2.24) is 5.32 Å². The van der Waals surface area contributed by atoms with E-state index >= 15 is 0 Å². The smallest absolute Gasteiger partial charge is 0.0345 e. The number of likely N-dealkylation sites (N-methyl/N-ethyl adjacent to an activating group) is 1. The molecule has 1 atom stereocenters. The molecule has 1 heteroatoms. The Bertz CT molecular complexity index is 302. The molecule has 0 aromatic heterocycles. The number of nitrogens with one attached hydrogen (secondary N) is 1. The molecule has 94 valence electrons. The molecule has 1 N–H and O–H groups in total. The summed E-state index contributed by atoms with van der Waals surface area (Å²) in [4.78, 5) is 0. The van der Waals surface area contributed by atoms with Gasteiger partial charge in [0.1, 0.15) is 0 Å². The van der Waals surface area contributed by atoms with Gasteiger partial charge in [-0.3, -0.25) is 0 Å². The van der Waals surface area contributed by atoms with Crippen molar-refractivity contribution in [2.45, 2.75) is 38.1 Å². The molecule has 1 unspecified atom stereocenters. The quantitative estimate of drug-likeness (QED) is 0.731. The van der Waals surface area contributed by atoms with Gasteiger partial charge in [0.2, 0.25) is 0 Å². The summed E-state index contributed by atoms with van der Waals surface area (Å²) in [7, 11) is 2.09. The van der Waals surface area contributed by atoms with E-state index in [2.05, 4.69) is 25.5 Å². The van der Waals surface area contributed by atoms with E-state index < -0.39 is 0 Å². The van der Waals surface area contributed by atoms with Crippen LogP contribution in [0, 0.1) is 29.6 Å². The third-order valence-electron chi connectivity index (χ3n) is 5.66. The van der Waals surface area contributed by atoms with Crippen molar-refractivity contribution in [3.8, 4) is 0 Å². The van der Waals surface area contributed by atoms with Crippen LogP contribution in [0.2, 0.25) is 0 Å². The van der Waals surface area contributed by atoms with Gasteiger partial charge in [-0.15, -0.1) is 0 Å². The molecule has 0 aromatic carbocycles. The van der Waals surface area contributed by atoms with Crippen LogP contribution in [0.15, 0.2) is 24.8 Å². The van der Waals surface area contributed by atoms with Gasteiger partial charge in [-0.1, -0.05) is 19.2 Å². The van der Waals surface area contributed by atoms with Crippen LogP contribution in [0.25, 0.3) is 0 Å². The highest BCUT2D eigenvalue weighted by molar-refractivity contribution is 5.22. The average Bonchev–Trinajstić information content (AvgIpc) is 2.32. The Hall–Kier alpha value is -0.560. The lowest BCUT2D eigenvalue weighted by atomic mass is 9.50. The predicted octanol–water partition coefficient (Wildman–Crippen LogP) is 3.39. The summed E-state index contributed by atoms with van der Waals surface area (Å²) in [6.45, 7) is 8.10. The van der Waals surface area contributed by atoms with Gasteiger partial charge < -0.3 is 5.32 Å². The van der Waals surface area contributed by atoms with Gasteiger partial charge in [-0.05, 0) is 74.3 Å². The van der Waals surface area contributed by atoms with Crippen molar-refractivity contribution in [3.63, 3.8) is 0 Å². The lowest BCUT2D eigenvalue weighted by Crippen LogP contribution is -2.52. The maximum absolute atomic E-state index is 4.20. The first kappa shape index (κ1) is 11.5. The highest BCUT2D eigenvalue weighted by Crippen LogP contribution is 2.57. The van der Waals surface area contributed by atoms with E-state index in [-0.39, 0.29) is 0 Å². The minimum Gasteiger partial charge on any atom is -0.313 e. The topological polar surface area (TPSA) is 12.0 Å². The van der Waals surface area contributed by atoms with Crippen LogP contribution >= 0.6 is 0 Å². The first-order valence-corrected chi connectivity index (χ1v) is 7.21. The third kappa shape index (κ3) is 1.79. The second-order valence-corrected chi connectivity index (χ2v) is 6.55. The average molecular weight is 231 g/mol. The fourth-order valence-corrected chi connectivity index (χ4v) is 5.26. The molecule has 4 aliphatic carbocycles. The summed E-state index contributed by atoms with van der Waals surface area (Å²) in [6, 6.07) is 0.475.